The summed E-state index contributed by atoms with van der Waals surface area (Å²) < 4.78 is 0.881. The zero-order chi connectivity index (χ0) is 14.5. The number of amides is 2. The number of thiophene rings is 1. The lowest BCUT2D eigenvalue weighted by atomic mass is 10.2. The highest BCUT2D eigenvalue weighted by atomic mass is 79.9. The van der Waals surface area contributed by atoms with E-state index in [4.69, 9.17) is 0 Å². The Labute approximate surface area is 129 Å². The van der Waals surface area contributed by atoms with Crippen LogP contribution in [0.2, 0.25) is 0 Å². The van der Waals surface area contributed by atoms with Crippen molar-refractivity contribution in [3.63, 3.8) is 0 Å². The summed E-state index contributed by atoms with van der Waals surface area (Å²) in [5.41, 5.74) is 1.84. The summed E-state index contributed by atoms with van der Waals surface area (Å²) in [6.07, 6.45) is 0. The molecule has 104 valence electrons. The molecule has 20 heavy (non-hydrogen) atoms. The average Bonchev–Trinajstić information content (AvgIpc) is 2.85. The van der Waals surface area contributed by atoms with Crippen LogP contribution >= 0.6 is 27.3 Å². The summed E-state index contributed by atoms with van der Waals surface area (Å²) in [4.78, 5) is 24.0. The topological polar surface area (TPSA) is 58.2 Å². The van der Waals surface area contributed by atoms with Gasteiger partial charge in [-0.2, -0.15) is 0 Å². The fraction of sp³-hybridized carbons (Fsp3) is 0.143. The molecule has 1 heterocycles. The van der Waals surface area contributed by atoms with Crippen molar-refractivity contribution in [2.75, 3.05) is 11.9 Å². The molecule has 4 nitrogen and oxygen atoms in total. The highest BCUT2D eigenvalue weighted by Gasteiger charge is 2.10. The van der Waals surface area contributed by atoms with Gasteiger partial charge < -0.3 is 10.6 Å². The number of carbonyl (C=O) groups is 2. The van der Waals surface area contributed by atoms with Gasteiger partial charge in [0.2, 0.25) is 5.91 Å². The van der Waals surface area contributed by atoms with Crippen LogP contribution in [0.3, 0.4) is 0 Å². The Balaban J connectivity index is 1.83. The van der Waals surface area contributed by atoms with Crippen molar-refractivity contribution in [1.82, 2.24) is 5.32 Å². The van der Waals surface area contributed by atoms with Gasteiger partial charge in [-0.15, -0.1) is 11.3 Å². The number of anilines is 1. The number of carbonyl (C=O) groups excluding carboxylic acids is 2. The molecule has 0 saturated carbocycles. The highest BCUT2D eigenvalue weighted by Crippen LogP contribution is 2.21. The molecule has 0 unspecified atom stereocenters. The molecule has 0 fully saturated rings. The average molecular weight is 353 g/mol. The smallest absolute Gasteiger partial charge is 0.261 e. The van der Waals surface area contributed by atoms with Gasteiger partial charge in [0.25, 0.3) is 5.91 Å². The van der Waals surface area contributed by atoms with Crippen LogP contribution in [0.1, 0.15) is 15.2 Å². The number of nitrogens with one attached hydrogen (secondary N) is 2. The van der Waals surface area contributed by atoms with Crippen molar-refractivity contribution in [2.24, 2.45) is 0 Å². The number of hydrogen-bond acceptors (Lipinski definition) is 3. The van der Waals surface area contributed by atoms with E-state index in [-0.39, 0.29) is 18.4 Å². The van der Waals surface area contributed by atoms with E-state index in [1.165, 1.54) is 11.3 Å². The van der Waals surface area contributed by atoms with Crippen molar-refractivity contribution in [2.45, 2.75) is 6.92 Å². The van der Waals surface area contributed by atoms with Gasteiger partial charge in [0.05, 0.1) is 15.2 Å². The van der Waals surface area contributed by atoms with Crippen molar-refractivity contribution in [1.29, 1.82) is 0 Å². The monoisotopic (exact) mass is 352 g/mol. The maximum atomic E-state index is 11.8. The van der Waals surface area contributed by atoms with Crippen LogP contribution in [0, 0.1) is 6.92 Å². The molecule has 1 aromatic carbocycles. The third-order valence-corrected chi connectivity index (χ3v) is 4.16. The van der Waals surface area contributed by atoms with Crippen molar-refractivity contribution in [3.05, 3.63) is 50.6 Å². The summed E-state index contributed by atoms with van der Waals surface area (Å²) in [5, 5.41) is 5.30. The lowest BCUT2D eigenvalue weighted by Crippen LogP contribution is -2.32. The van der Waals surface area contributed by atoms with E-state index in [0.29, 0.717) is 10.6 Å². The largest absolute Gasteiger partial charge is 0.342 e. The third-order valence-electron chi connectivity index (χ3n) is 2.54. The molecule has 2 rings (SSSR count). The zero-order valence-electron chi connectivity index (χ0n) is 10.8. The minimum absolute atomic E-state index is 0.0533. The number of aryl methyl sites for hydroxylation is 1. The summed E-state index contributed by atoms with van der Waals surface area (Å²) in [7, 11) is 0. The van der Waals surface area contributed by atoms with Gasteiger partial charge in [0.15, 0.2) is 0 Å². The first-order chi connectivity index (χ1) is 9.54. The zero-order valence-corrected chi connectivity index (χ0v) is 13.2. The molecular formula is C14H13BrN2O2S. The molecular weight excluding hydrogens is 340 g/mol. The molecule has 1 aromatic heterocycles. The quantitative estimate of drug-likeness (QED) is 0.887. The molecule has 0 aliphatic rings. The van der Waals surface area contributed by atoms with E-state index in [1.54, 1.807) is 12.1 Å². The van der Waals surface area contributed by atoms with E-state index in [1.807, 2.05) is 31.2 Å². The van der Waals surface area contributed by atoms with Crippen molar-refractivity contribution in [3.8, 4) is 0 Å². The van der Waals surface area contributed by atoms with Crippen LogP contribution < -0.4 is 10.6 Å². The molecule has 2 aromatic rings. The minimum atomic E-state index is -0.252. The molecule has 0 saturated heterocycles. The second-order valence-electron chi connectivity index (χ2n) is 4.20. The van der Waals surface area contributed by atoms with Crippen molar-refractivity contribution >= 4 is 44.8 Å². The van der Waals surface area contributed by atoms with E-state index in [9.17, 15) is 9.59 Å². The van der Waals surface area contributed by atoms with Crippen LogP contribution in [-0.4, -0.2) is 18.4 Å². The van der Waals surface area contributed by atoms with Crippen molar-refractivity contribution < 1.29 is 9.59 Å². The Morgan fingerprint density at radius 3 is 2.45 bits per heavy atom. The first kappa shape index (κ1) is 14.7. The van der Waals surface area contributed by atoms with Gasteiger partial charge in [-0.1, -0.05) is 17.7 Å². The third kappa shape index (κ3) is 4.18. The van der Waals surface area contributed by atoms with Gasteiger partial charge in [-0.25, -0.2) is 0 Å². The number of halogens is 1. The number of benzene rings is 1. The Bertz CT molecular complexity index is 622. The maximum absolute atomic E-state index is 11.8. The molecule has 2 amide bonds. The Morgan fingerprint density at radius 2 is 1.85 bits per heavy atom. The van der Waals surface area contributed by atoms with Crippen LogP contribution in [0.15, 0.2) is 40.2 Å². The highest BCUT2D eigenvalue weighted by molar-refractivity contribution is 9.11. The lowest BCUT2D eigenvalue weighted by molar-refractivity contribution is -0.115. The normalized spacial score (nSPS) is 10.1. The maximum Gasteiger partial charge on any atom is 0.261 e. The summed E-state index contributed by atoms with van der Waals surface area (Å²) in [5.74, 6) is -0.502. The fourth-order valence-electron chi connectivity index (χ4n) is 1.53. The van der Waals surface area contributed by atoms with E-state index in [0.717, 1.165) is 9.35 Å². The molecule has 0 bridgehead atoms. The number of rotatable bonds is 4. The lowest BCUT2D eigenvalue weighted by Gasteiger charge is -2.06. The Kier molecular flexibility index (Phi) is 4.92. The Morgan fingerprint density at radius 1 is 1.15 bits per heavy atom. The fourth-order valence-corrected chi connectivity index (χ4v) is 2.83. The standard InChI is InChI=1S/C14H13BrN2O2S/c1-9-2-4-10(5-3-9)17-13(18)8-16-14(19)11-6-7-12(15)20-11/h2-7H,8H2,1H3,(H,16,19)(H,17,18). The van der Waals surface area contributed by atoms with Crippen LogP contribution in [-0.2, 0) is 4.79 Å². The molecule has 0 radical (unpaired) electrons. The second-order valence-corrected chi connectivity index (χ2v) is 6.66. The van der Waals surface area contributed by atoms with E-state index in [2.05, 4.69) is 26.6 Å². The molecule has 0 aliphatic heterocycles. The summed E-state index contributed by atoms with van der Waals surface area (Å²) >= 11 is 4.62. The molecule has 0 aliphatic carbocycles. The van der Waals surface area contributed by atoms with Gasteiger partial charge in [0, 0.05) is 5.69 Å². The Hall–Kier alpha value is -1.66. The summed E-state index contributed by atoms with van der Waals surface area (Å²) in [6.45, 7) is 1.92. The van der Waals surface area contributed by atoms with Gasteiger partial charge in [-0.3, -0.25) is 9.59 Å². The predicted molar refractivity (Wildman–Crippen MR) is 84.2 cm³/mol. The summed E-state index contributed by atoms with van der Waals surface area (Å²) in [6, 6.07) is 11.0. The van der Waals surface area contributed by atoms with Gasteiger partial charge in [0.1, 0.15) is 0 Å². The number of hydrogen-bond donors (Lipinski definition) is 2. The second kappa shape index (κ2) is 6.67. The minimum Gasteiger partial charge on any atom is -0.342 e. The first-order valence-electron chi connectivity index (χ1n) is 5.94. The SMILES string of the molecule is Cc1ccc(NC(=O)CNC(=O)c2ccc(Br)s2)cc1. The molecule has 0 atom stereocenters. The van der Waals surface area contributed by atoms with Crippen LogP contribution in [0.4, 0.5) is 5.69 Å². The van der Waals surface area contributed by atoms with E-state index >= 15 is 0 Å². The predicted octanol–water partition coefficient (Wildman–Crippen LogP) is 3.19. The van der Waals surface area contributed by atoms with Crippen LogP contribution in [0.5, 0.6) is 0 Å². The van der Waals surface area contributed by atoms with Gasteiger partial charge >= 0.3 is 0 Å². The van der Waals surface area contributed by atoms with Gasteiger partial charge in [-0.05, 0) is 47.1 Å². The molecule has 2 N–H and O–H groups in total. The molecule has 0 spiro atoms. The molecule has 6 heteroatoms. The van der Waals surface area contributed by atoms with E-state index < -0.39 is 0 Å². The van der Waals surface area contributed by atoms with Crippen LogP contribution in [0.25, 0.3) is 0 Å². The first-order valence-corrected chi connectivity index (χ1v) is 7.55.